The van der Waals surface area contributed by atoms with Crippen LogP contribution in [0.2, 0.25) is 0 Å². The number of nitrogens with zero attached hydrogens (tertiary/aromatic N) is 2. The molecule has 0 bridgehead atoms. The smallest absolute Gasteiger partial charge is 0.356 e. The molecule has 0 amide bonds. The Labute approximate surface area is 95.5 Å². The van der Waals surface area contributed by atoms with Gasteiger partial charge in [-0.1, -0.05) is 0 Å². The molecular formula is C10H10F2N2O3. The maximum atomic E-state index is 12.9. The van der Waals surface area contributed by atoms with Crippen LogP contribution in [0, 0.1) is 0 Å². The third-order valence-corrected chi connectivity index (χ3v) is 2.49. The normalized spacial score (nSPS) is 22.4. The highest BCUT2D eigenvalue weighted by molar-refractivity contribution is 5.84. The first-order valence-electron chi connectivity index (χ1n) is 5.06. The number of halogens is 2. The van der Waals surface area contributed by atoms with Crippen LogP contribution in [0.15, 0.2) is 12.4 Å². The summed E-state index contributed by atoms with van der Waals surface area (Å²) in [6.45, 7) is 0. The van der Waals surface area contributed by atoms with Crippen LogP contribution in [-0.4, -0.2) is 33.1 Å². The van der Waals surface area contributed by atoms with Gasteiger partial charge in [0.2, 0.25) is 5.88 Å². The topological polar surface area (TPSA) is 72.3 Å². The van der Waals surface area contributed by atoms with Gasteiger partial charge in [0.1, 0.15) is 6.10 Å². The molecule has 1 aromatic rings. The zero-order valence-corrected chi connectivity index (χ0v) is 8.77. The number of aromatic nitrogens is 2. The Hall–Kier alpha value is -1.79. The molecule has 1 aromatic heterocycles. The summed E-state index contributed by atoms with van der Waals surface area (Å²) in [6, 6.07) is 0. The fourth-order valence-electron chi connectivity index (χ4n) is 1.67. The van der Waals surface area contributed by atoms with E-state index in [1.807, 2.05) is 0 Å². The summed E-state index contributed by atoms with van der Waals surface area (Å²) in [5, 5.41) is 8.59. The number of carbonyl (C=O) groups is 1. The van der Waals surface area contributed by atoms with Crippen molar-refractivity contribution in [1.82, 2.24) is 9.97 Å². The molecule has 2 rings (SSSR count). The third kappa shape index (κ3) is 2.86. The Morgan fingerprint density at radius 3 is 2.71 bits per heavy atom. The van der Waals surface area contributed by atoms with Gasteiger partial charge in [0.25, 0.3) is 5.92 Å². The molecule has 17 heavy (non-hydrogen) atoms. The van der Waals surface area contributed by atoms with Crippen molar-refractivity contribution in [2.75, 3.05) is 0 Å². The predicted molar refractivity (Wildman–Crippen MR) is 52.2 cm³/mol. The van der Waals surface area contributed by atoms with Crippen molar-refractivity contribution in [2.24, 2.45) is 0 Å². The summed E-state index contributed by atoms with van der Waals surface area (Å²) in [5.74, 6) is -3.81. The van der Waals surface area contributed by atoms with Gasteiger partial charge >= 0.3 is 5.97 Å². The Morgan fingerprint density at radius 2 is 2.24 bits per heavy atom. The molecule has 1 heterocycles. The van der Waals surface area contributed by atoms with Crippen LogP contribution in [0.3, 0.4) is 0 Å². The highest BCUT2D eigenvalue weighted by Crippen LogP contribution is 2.36. The van der Waals surface area contributed by atoms with Gasteiger partial charge in [-0.05, 0) is 6.42 Å². The average molecular weight is 244 g/mol. The van der Waals surface area contributed by atoms with E-state index in [1.54, 1.807) is 0 Å². The molecular weight excluding hydrogens is 234 g/mol. The molecule has 0 saturated heterocycles. The summed E-state index contributed by atoms with van der Waals surface area (Å²) in [6.07, 6.45) is 1.29. The van der Waals surface area contributed by atoms with Crippen molar-refractivity contribution in [3.8, 4) is 5.88 Å². The minimum atomic E-state index is -2.68. The second-order valence-corrected chi connectivity index (χ2v) is 3.88. The molecule has 1 saturated carbocycles. The van der Waals surface area contributed by atoms with Crippen LogP contribution in [0.1, 0.15) is 29.8 Å². The first kappa shape index (κ1) is 11.7. The second kappa shape index (κ2) is 4.23. The third-order valence-electron chi connectivity index (χ3n) is 2.49. The predicted octanol–water partition coefficient (Wildman–Crippen LogP) is 1.74. The quantitative estimate of drug-likeness (QED) is 0.876. The number of carboxylic acid groups (broad SMARTS) is 1. The highest BCUT2D eigenvalue weighted by atomic mass is 19.3. The molecule has 1 aliphatic rings. The van der Waals surface area contributed by atoms with Crippen LogP contribution < -0.4 is 4.74 Å². The fourth-order valence-corrected chi connectivity index (χ4v) is 1.67. The number of ether oxygens (including phenoxy) is 1. The lowest BCUT2D eigenvalue weighted by Crippen LogP contribution is -2.17. The standard InChI is InChI=1S/C10H10F2N2O3/c11-10(12)2-1-6(3-10)17-8-5-13-7(4-14-8)9(15)16/h4-6H,1-3H2,(H,15,16). The van der Waals surface area contributed by atoms with Crippen LogP contribution >= 0.6 is 0 Å². The molecule has 1 atom stereocenters. The summed E-state index contributed by atoms with van der Waals surface area (Å²) >= 11 is 0. The van der Waals surface area contributed by atoms with Crippen LogP contribution in [0.25, 0.3) is 0 Å². The summed E-state index contributed by atoms with van der Waals surface area (Å²) in [4.78, 5) is 17.8. The molecule has 1 aliphatic carbocycles. The molecule has 92 valence electrons. The largest absolute Gasteiger partial charge is 0.476 e. The molecule has 0 radical (unpaired) electrons. The van der Waals surface area contributed by atoms with Gasteiger partial charge in [-0.3, -0.25) is 0 Å². The number of carboxylic acids is 1. The Morgan fingerprint density at radius 1 is 1.47 bits per heavy atom. The van der Waals surface area contributed by atoms with Crippen LogP contribution in [0.5, 0.6) is 5.88 Å². The molecule has 1 N–H and O–H groups in total. The van der Waals surface area contributed by atoms with Crippen molar-refractivity contribution >= 4 is 5.97 Å². The van der Waals surface area contributed by atoms with Crippen molar-refractivity contribution in [3.05, 3.63) is 18.1 Å². The van der Waals surface area contributed by atoms with Gasteiger partial charge in [-0.25, -0.2) is 23.5 Å². The number of hydrogen-bond donors (Lipinski definition) is 1. The monoisotopic (exact) mass is 244 g/mol. The Balaban J connectivity index is 1.98. The maximum absolute atomic E-state index is 12.9. The van der Waals surface area contributed by atoms with E-state index in [2.05, 4.69) is 9.97 Å². The van der Waals surface area contributed by atoms with Crippen LogP contribution in [0.4, 0.5) is 8.78 Å². The van der Waals surface area contributed by atoms with Gasteiger partial charge in [0, 0.05) is 12.8 Å². The highest BCUT2D eigenvalue weighted by Gasteiger charge is 2.40. The van der Waals surface area contributed by atoms with Crippen molar-refractivity contribution in [1.29, 1.82) is 0 Å². The molecule has 7 heteroatoms. The molecule has 1 fully saturated rings. The minimum absolute atomic E-state index is 0.0673. The number of hydrogen-bond acceptors (Lipinski definition) is 4. The lowest BCUT2D eigenvalue weighted by molar-refractivity contribution is -0.00142. The minimum Gasteiger partial charge on any atom is -0.476 e. The van der Waals surface area contributed by atoms with Crippen molar-refractivity contribution in [2.45, 2.75) is 31.3 Å². The lowest BCUT2D eigenvalue weighted by Gasteiger charge is -2.12. The van der Waals surface area contributed by atoms with Crippen LogP contribution in [-0.2, 0) is 0 Å². The number of alkyl halides is 2. The van der Waals surface area contributed by atoms with E-state index in [0.717, 1.165) is 12.4 Å². The van der Waals surface area contributed by atoms with E-state index in [0.29, 0.717) is 0 Å². The van der Waals surface area contributed by atoms with E-state index in [1.165, 1.54) is 0 Å². The summed E-state index contributed by atoms with van der Waals surface area (Å²) < 4.78 is 30.9. The molecule has 0 aliphatic heterocycles. The molecule has 0 spiro atoms. The number of aromatic carboxylic acids is 1. The van der Waals surface area contributed by atoms with Crippen molar-refractivity contribution in [3.63, 3.8) is 0 Å². The SMILES string of the molecule is O=C(O)c1cnc(OC2CCC(F)(F)C2)cn1. The second-order valence-electron chi connectivity index (χ2n) is 3.88. The van der Waals surface area contributed by atoms with Gasteiger partial charge in [0.05, 0.1) is 12.4 Å². The summed E-state index contributed by atoms with van der Waals surface area (Å²) in [7, 11) is 0. The fraction of sp³-hybridized carbons (Fsp3) is 0.500. The Bertz CT molecular complexity index is 422. The van der Waals surface area contributed by atoms with Gasteiger partial charge < -0.3 is 9.84 Å². The molecule has 5 nitrogen and oxygen atoms in total. The van der Waals surface area contributed by atoms with E-state index >= 15 is 0 Å². The van der Waals surface area contributed by atoms with Gasteiger partial charge in [-0.15, -0.1) is 0 Å². The first-order chi connectivity index (χ1) is 7.96. The summed E-state index contributed by atoms with van der Waals surface area (Å²) in [5.41, 5.74) is -0.214. The Kier molecular flexibility index (Phi) is 2.91. The zero-order chi connectivity index (χ0) is 12.5. The van der Waals surface area contributed by atoms with E-state index in [-0.39, 0.29) is 30.8 Å². The van der Waals surface area contributed by atoms with Gasteiger partial charge in [-0.2, -0.15) is 0 Å². The maximum Gasteiger partial charge on any atom is 0.356 e. The molecule has 1 unspecified atom stereocenters. The lowest BCUT2D eigenvalue weighted by atomic mass is 10.3. The van der Waals surface area contributed by atoms with E-state index < -0.39 is 18.0 Å². The zero-order valence-electron chi connectivity index (χ0n) is 8.77. The van der Waals surface area contributed by atoms with Gasteiger partial charge in [0.15, 0.2) is 5.69 Å². The van der Waals surface area contributed by atoms with Crippen molar-refractivity contribution < 1.29 is 23.4 Å². The average Bonchev–Trinajstić information content (AvgIpc) is 2.59. The van der Waals surface area contributed by atoms with E-state index in [9.17, 15) is 13.6 Å². The molecule has 0 aromatic carbocycles. The number of rotatable bonds is 3. The first-order valence-corrected chi connectivity index (χ1v) is 5.06. The van der Waals surface area contributed by atoms with E-state index in [4.69, 9.17) is 9.84 Å².